The van der Waals surface area contributed by atoms with Gasteiger partial charge in [0.15, 0.2) is 17.3 Å². The zero-order valence-electron chi connectivity index (χ0n) is 16.3. The standard InChI is InChI=1S/C22H16ClN3O5/c23-13-2-1-3-14-19(13)22(9-28-15-7-17-16(6-12(15)22)29-10-30-17)21(27)26(14)8-18-24-20(31-25-18)11-4-5-11/h1-3,6-7,11H,4-5,8-10H2. The molecule has 9 heteroatoms. The van der Waals surface area contributed by atoms with Crippen LogP contribution in [0.3, 0.4) is 0 Å². The third-order valence-electron chi connectivity index (χ3n) is 6.41. The maximum absolute atomic E-state index is 14.0. The van der Waals surface area contributed by atoms with Gasteiger partial charge in [-0.05, 0) is 31.0 Å². The van der Waals surface area contributed by atoms with Gasteiger partial charge in [-0.25, -0.2) is 0 Å². The molecule has 4 heterocycles. The fraction of sp³-hybridized carbons (Fsp3) is 0.318. The summed E-state index contributed by atoms with van der Waals surface area (Å²) in [6.07, 6.45) is 2.13. The molecule has 1 aliphatic carbocycles. The van der Waals surface area contributed by atoms with Crippen molar-refractivity contribution in [2.75, 3.05) is 18.3 Å². The Hall–Kier alpha value is -3.26. The number of ether oxygens (including phenoxy) is 3. The highest BCUT2D eigenvalue weighted by Crippen LogP contribution is 2.57. The number of rotatable bonds is 3. The van der Waals surface area contributed by atoms with Crippen LogP contribution in [-0.2, 0) is 16.8 Å². The number of carbonyl (C=O) groups is 1. The van der Waals surface area contributed by atoms with Crippen molar-refractivity contribution < 1.29 is 23.5 Å². The lowest BCUT2D eigenvalue weighted by molar-refractivity contribution is -0.122. The number of halogens is 1. The monoisotopic (exact) mass is 437 g/mol. The smallest absolute Gasteiger partial charge is 0.246 e. The molecule has 3 aliphatic heterocycles. The summed E-state index contributed by atoms with van der Waals surface area (Å²) in [7, 11) is 0. The summed E-state index contributed by atoms with van der Waals surface area (Å²) in [5.41, 5.74) is 1.12. The Bertz CT molecular complexity index is 1270. The maximum Gasteiger partial charge on any atom is 0.246 e. The molecule has 0 radical (unpaired) electrons. The van der Waals surface area contributed by atoms with Gasteiger partial charge in [-0.3, -0.25) is 4.79 Å². The molecule has 1 amide bonds. The zero-order valence-corrected chi connectivity index (χ0v) is 17.0. The van der Waals surface area contributed by atoms with Gasteiger partial charge < -0.3 is 23.6 Å². The largest absolute Gasteiger partial charge is 0.491 e. The quantitative estimate of drug-likeness (QED) is 0.619. The van der Waals surface area contributed by atoms with Crippen molar-refractivity contribution in [2.45, 2.75) is 30.7 Å². The van der Waals surface area contributed by atoms with Crippen LogP contribution in [0.25, 0.3) is 0 Å². The molecule has 1 fully saturated rings. The predicted octanol–water partition coefficient (Wildman–Crippen LogP) is 3.55. The average molecular weight is 438 g/mol. The highest BCUT2D eigenvalue weighted by atomic mass is 35.5. The Morgan fingerprint density at radius 3 is 2.81 bits per heavy atom. The SMILES string of the molecule is O=C1N(Cc2noc(C3CC3)n2)c2cccc(Cl)c2C12COc1cc3c(cc12)OCO3. The van der Waals surface area contributed by atoms with Crippen LogP contribution in [0.2, 0.25) is 5.02 Å². The molecule has 3 aromatic rings. The molecule has 0 saturated heterocycles. The summed E-state index contributed by atoms with van der Waals surface area (Å²) in [5.74, 6) is 3.13. The van der Waals surface area contributed by atoms with E-state index in [0.29, 0.717) is 39.9 Å². The molecule has 0 N–H and O–H groups in total. The number of anilines is 1. The van der Waals surface area contributed by atoms with E-state index in [-0.39, 0.29) is 25.9 Å². The predicted molar refractivity (Wildman–Crippen MR) is 108 cm³/mol. The number of aromatic nitrogens is 2. The Balaban J connectivity index is 1.36. The van der Waals surface area contributed by atoms with E-state index in [0.717, 1.165) is 29.7 Å². The van der Waals surface area contributed by atoms with Gasteiger partial charge in [-0.2, -0.15) is 4.98 Å². The van der Waals surface area contributed by atoms with Gasteiger partial charge in [-0.1, -0.05) is 22.8 Å². The number of amides is 1. The topological polar surface area (TPSA) is 86.9 Å². The van der Waals surface area contributed by atoms with Gasteiger partial charge in [0.25, 0.3) is 0 Å². The van der Waals surface area contributed by atoms with Gasteiger partial charge in [0.1, 0.15) is 17.8 Å². The number of benzene rings is 2. The minimum Gasteiger partial charge on any atom is -0.491 e. The summed E-state index contributed by atoms with van der Waals surface area (Å²) in [6.45, 7) is 0.491. The molecule has 1 saturated carbocycles. The van der Waals surface area contributed by atoms with E-state index in [1.54, 1.807) is 17.0 Å². The van der Waals surface area contributed by atoms with Crippen LogP contribution >= 0.6 is 11.6 Å². The van der Waals surface area contributed by atoms with Gasteiger partial charge in [0.2, 0.25) is 18.6 Å². The highest BCUT2D eigenvalue weighted by Gasteiger charge is 2.58. The van der Waals surface area contributed by atoms with Crippen molar-refractivity contribution >= 4 is 23.2 Å². The van der Waals surface area contributed by atoms with Crippen LogP contribution in [0.1, 0.15) is 41.6 Å². The van der Waals surface area contributed by atoms with E-state index in [4.69, 9.17) is 30.3 Å². The van der Waals surface area contributed by atoms with E-state index >= 15 is 0 Å². The van der Waals surface area contributed by atoms with Crippen molar-refractivity contribution in [2.24, 2.45) is 0 Å². The molecule has 1 spiro atoms. The van der Waals surface area contributed by atoms with Crippen LogP contribution in [0, 0.1) is 0 Å². The van der Waals surface area contributed by atoms with E-state index in [1.165, 1.54) is 0 Å². The fourth-order valence-electron chi connectivity index (χ4n) is 4.76. The fourth-order valence-corrected chi connectivity index (χ4v) is 5.09. The number of hydrogen-bond acceptors (Lipinski definition) is 7. The number of carbonyl (C=O) groups excluding carboxylic acids is 1. The molecular weight excluding hydrogens is 422 g/mol. The molecule has 2 aromatic carbocycles. The second-order valence-electron chi connectivity index (χ2n) is 8.24. The molecule has 4 aliphatic rings. The number of fused-ring (bicyclic) bond motifs is 5. The summed E-state index contributed by atoms with van der Waals surface area (Å²) in [5, 5.41) is 4.61. The van der Waals surface area contributed by atoms with Crippen molar-refractivity contribution in [1.82, 2.24) is 10.1 Å². The van der Waals surface area contributed by atoms with Crippen molar-refractivity contribution in [3.63, 3.8) is 0 Å². The summed E-state index contributed by atoms with van der Waals surface area (Å²) in [4.78, 5) is 20.2. The zero-order chi connectivity index (χ0) is 20.7. The number of hydrogen-bond donors (Lipinski definition) is 0. The summed E-state index contributed by atoms with van der Waals surface area (Å²) < 4.78 is 22.4. The molecular formula is C22H16ClN3O5. The summed E-state index contributed by atoms with van der Waals surface area (Å²) >= 11 is 6.67. The Labute approximate surface area is 181 Å². The first-order valence-corrected chi connectivity index (χ1v) is 10.5. The molecule has 7 rings (SSSR count). The third-order valence-corrected chi connectivity index (χ3v) is 6.72. The first-order chi connectivity index (χ1) is 15.1. The van der Waals surface area contributed by atoms with Crippen LogP contribution < -0.4 is 19.1 Å². The van der Waals surface area contributed by atoms with E-state index < -0.39 is 5.41 Å². The first kappa shape index (κ1) is 17.4. The van der Waals surface area contributed by atoms with Gasteiger partial charge in [-0.15, -0.1) is 0 Å². The summed E-state index contributed by atoms with van der Waals surface area (Å²) in [6, 6.07) is 9.13. The molecule has 8 nitrogen and oxygen atoms in total. The second kappa shape index (κ2) is 5.91. The van der Waals surface area contributed by atoms with Crippen LogP contribution in [0.4, 0.5) is 5.69 Å². The van der Waals surface area contributed by atoms with Crippen LogP contribution in [-0.4, -0.2) is 29.4 Å². The minimum absolute atomic E-state index is 0.133. The Kier molecular flexibility index (Phi) is 3.32. The maximum atomic E-state index is 14.0. The lowest BCUT2D eigenvalue weighted by atomic mass is 9.77. The van der Waals surface area contributed by atoms with E-state index in [9.17, 15) is 4.79 Å². The Morgan fingerprint density at radius 1 is 1.13 bits per heavy atom. The van der Waals surface area contributed by atoms with Gasteiger partial charge in [0.05, 0.1) is 12.2 Å². The third kappa shape index (κ3) is 2.28. The normalized spacial score (nSPS) is 22.7. The lowest BCUT2D eigenvalue weighted by Crippen LogP contribution is -2.42. The molecule has 156 valence electrons. The second-order valence-corrected chi connectivity index (χ2v) is 8.65. The average Bonchev–Trinajstić information content (AvgIpc) is 3.11. The van der Waals surface area contributed by atoms with E-state index in [2.05, 4.69) is 10.1 Å². The van der Waals surface area contributed by atoms with Gasteiger partial charge in [0, 0.05) is 28.1 Å². The van der Waals surface area contributed by atoms with Crippen molar-refractivity contribution in [3.05, 3.63) is 58.2 Å². The van der Waals surface area contributed by atoms with Crippen LogP contribution in [0.15, 0.2) is 34.9 Å². The molecule has 1 unspecified atom stereocenters. The molecule has 1 aromatic heterocycles. The Morgan fingerprint density at radius 2 is 1.97 bits per heavy atom. The van der Waals surface area contributed by atoms with Crippen molar-refractivity contribution in [1.29, 1.82) is 0 Å². The van der Waals surface area contributed by atoms with E-state index in [1.807, 2.05) is 18.2 Å². The number of nitrogens with zero attached hydrogens (tertiary/aromatic N) is 3. The van der Waals surface area contributed by atoms with Crippen LogP contribution in [0.5, 0.6) is 17.2 Å². The van der Waals surface area contributed by atoms with Crippen molar-refractivity contribution in [3.8, 4) is 17.2 Å². The lowest BCUT2D eigenvalue weighted by Gasteiger charge is -2.23. The van der Waals surface area contributed by atoms with Gasteiger partial charge >= 0.3 is 0 Å². The molecule has 31 heavy (non-hydrogen) atoms. The first-order valence-electron chi connectivity index (χ1n) is 10.2. The minimum atomic E-state index is -1.06. The highest BCUT2D eigenvalue weighted by molar-refractivity contribution is 6.33. The molecule has 1 atom stereocenters. The molecule has 0 bridgehead atoms.